The van der Waals surface area contributed by atoms with Crippen LogP contribution in [-0.2, 0) is 9.47 Å². The fraction of sp³-hybridized carbons (Fsp3) is 0.778. The minimum atomic E-state index is -0.0947. The van der Waals surface area contributed by atoms with Gasteiger partial charge in [-0.3, -0.25) is 0 Å². The first-order chi connectivity index (χ1) is 5.86. The van der Waals surface area contributed by atoms with Gasteiger partial charge in [-0.25, -0.2) is 0 Å². The first kappa shape index (κ1) is 10.2. The number of rotatable bonds is 5. The molecule has 0 radical (unpaired) electrons. The lowest BCUT2D eigenvalue weighted by atomic mass is 10.3. The fourth-order valence-electron chi connectivity index (χ4n) is 1.22. The third-order valence-electron chi connectivity index (χ3n) is 1.77. The monoisotopic (exact) mass is 234 g/mol. The van der Waals surface area contributed by atoms with Gasteiger partial charge in [0.1, 0.15) is 0 Å². The van der Waals surface area contributed by atoms with Gasteiger partial charge in [-0.1, -0.05) is 28.1 Å². The summed E-state index contributed by atoms with van der Waals surface area (Å²) < 4.78 is 11.0. The lowest BCUT2D eigenvalue weighted by Gasteiger charge is -2.18. The molecule has 0 spiro atoms. The maximum atomic E-state index is 5.65. The summed E-state index contributed by atoms with van der Waals surface area (Å²) in [7, 11) is 0. The minimum absolute atomic E-state index is 0.0947. The van der Waals surface area contributed by atoms with E-state index < -0.39 is 0 Å². The number of alkyl halides is 1. The average molecular weight is 235 g/mol. The summed E-state index contributed by atoms with van der Waals surface area (Å²) >= 11 is 3.35. The second kappa shape index (κ2) is 5.73. The van der Waals surface area contributed by atoms with Gasteiger partial charge in [0.15, 0.2) is 6.29 Å². The Hall–Kier alpha value is 0.140. The standard InChI is InChI=1S/C9H15BrO2/c1-2-11-9(7-10)12-8-5-3-4-6-8/h3,5,8-9H,2,4,6-7H2,1H3. The molecule has 1 aliphatic rings. The Kier molecular flexibility index (Phi) is 4.88. The molecule has 2 unspecified atom stereocenters. The summed E-state index contributed by atoms with van der Waals surface area (Å²) in [4.78, 5) is 0. The van der Waals surface area contributed by atoms with Crippen molar-refractivity contribution in [2.45, 2.75) is 32.2 Å². The van der Waals surface area contributed by atoms with Gasteiger partial charge in [-0.05, 0) is 19.8 Å². The summed E-state index contributed by atoms with van der Waals surface area (Å²) in [6.45, 7) is 2.68. The van der Waals surface area contributed by atoms with E-state index in [9.17, 15) is 0 Å². The highest BCUT2D eigenvalue weighted by atomic mass is 79.9. The van der Waals surface area contributed by atoms with Gasteiger partial charge in [0, 0.05) is 6.61 Å². The van der Waals surface area contributed by atoms with Crippen LogP contribution in [0.5, 0.6) is 0 Å². The van der Waals surface area contributed by atoms with Gasteiger partial charge in [-0.2, -0.15) is 0 Å². The summed E-state index contributed by atoms with van der Waals surface area (Å²) in [5, 5.41) is 0.741. The lowest BCUT2D eigenvalue weighted by Crippen LogP contribution is -2.23. The molecule has 3 heteroatoms. The molecular formula is C9H15BrO2. The maximum absolute atomic E-state index is 5.65. The van der Waals surface area contributed by atoms with Crippen LogP contribution < -0.4 is 0 Å². The van der Waals surface area contributed by atoms with Gasteiger partial charge in [0.25, 0.3) is 0 Å². The van der Waals surface area contributed by atoms with Gasteiger partial charge in [-0.15, -0.1) is 0 Å². The van der Waals surface area contributed by atoms with Crippen molar-refractivity contribution in [3.63, 3.8) is 0 Å². The smallest absolute Gasteiger partial charge is 0.167 e. The van der Waals surface area contributed by atoms with E-state index in [4.69, 9.17) is 9.47 Å². The zero-order valence-electron chi connectivity index (χ0n) is 7.33. The summed E-state index contributed by atoms with van der Waals surface area (Å²) in [5.74, 6) is 0. The Labute approximate surface area is 82.1 Å². The van der Waals surface area contributed by atoms with Crippen molar-refractivity contribution in [2.75, 3.05) is 11.9 Å². The fourth-order valence-corrected chi connectivity index (χ4v) is 1.56. The van der Waals surface area contributed by atoms with Crippen LogP contribution in [0.4, 0.5) is 0 Å². The second-order valence-corrected chi connectivity index (χ2v) is 3.37. The Morgan fingerprint density at radius 1 is 1.67 bits per heavy atom. The Morgan fingerprint density at radius 2 is 2.50 bits per heavy atom. The zero-order chi connectivity index (χ0) is 8.81. The molecule has 0 saturated heterocycles. The molecule has 1 rings (SSSR count). The van der Waals surface area contributed by atoms with E-state index in [0.717, 1.165) is 18.2 Å². The van der Waals surface area contributed by atoms with E-state index in [2.05, 4.69) is 28.1 Å². The second-order valence-electron chi connectivity index (χ2n) is 2.72. The van der Waals surface area contributed by atoms with Crippen LogP contribution in [0.1, 0.15) is 19.8 Å². The van der Waals surface area contributed by atoms with E-state index in [0.29, 0.717) is 6.61 Å². The number of hydrogen-bond donors (Lipinski definition) is 0. The van der Waals surface area contributed by atoms with Gasteiger partial charge < -0.3 is 9.47 Å². The molecule has 0 heterocycles. The summed E-state index contributed by atoms with van der Waals surface area (Å²) in [6.07, 6.45) is 6.65. The van der Waals surface area contributed by atoms with Crippen molar-refractivity contribution < 1.29 is 9.47 Å². The minimum Gasteiger partial charge on any atom is -0.352 e. The van der Waals surface area contributed by atoms with Crippen molar-refractivity contribution >= 4 is 15.9 Å². The van der Waals surface area contributed by atoms with E-state index >= 15 is 0 Å². The Balaban J connectivity index is 2.21. The van der Waals surface area contributed by atoms with Crippen molar-refractivity contribution in [3.05, 3.63) is 12.2 Å². The average Bonchev–Trinajstić information content (AvgIpc) is 2.56. The molecule has 0 aromatic carbocycles. The highest BCUT2D eigenvalue weighted by molar-refractivity contribution is 9.09. The Bertz CT molecular complexity index is 147. The van der Waals surface area contributed by atoms with Crippen LogP contribution in [0.15, 0.2) is 12.2 Å². The molecule has 0 aliphatic heterocycles. The molecule has 0 fully saturated rings. The predicted molar refractivity (Wildman–Crippen MR) is 52.5 cm³/mol. The van der Waals surface area contributed by atoms with Crippen LogP contribution in [-0.4, -0.2) is 24.3 Å². The van der Waals surface area contributed by atoms with E-state index in [1.54, 1.807) is 0 Å². The van der Waals surface area contributed by atoms with Crippen LogP contribution in [0.3, 0.4) is 0 Å². The SMILES string of the molecule is CCOC(CBr)OC1C=CCC1. The summed E-state index contributed by atoms with van der Waals surface area (Å²) in [6, 6.07) is 0. The third-order valence-corrected chi connectivity index (χ3v) is 2.30. The molecule has 0 aromatic rings. The van der Waals surface area contributed by atoms with Crippen LogP contribution in [0.25, 0.3) is 0 Å². The van der Waals surface area contributed by atoms with E-state index in [1.807, 2.05) is 6.92 Å². The predicted octanol–water partition coefficient (Wildman–Crippen LogP) is 2.48. The van der Waals surface area contributed by atoms with Gasteiger partial charge >= 0.3 is 0 Å². The first-order valence-corrected chi connectivity index (χ1v) is 5.48. The highest BCUT2D eigenvalue weighted by Crippen LogP contribution is 2.16. The largest absolute Gasteiger partial charge is 0.352 e. The molecule has 2 atom stereocenters. The van der Waals surface area contributed by atoms with E-state index in [-0.39, 0.29) is 12.4 Å². The number of hydrogen-bond acceptors (Lipinski definition) is 2. The molecular weight excluding hydrogens is 220 g/mol. The number of allylic oxidation sites excluding steroid dienone is 1. The maximum Gasteiger partial charge on any atom is 0.167 e. The number of ether oxygens (including phenoxy) is 2. The molecule has 0 bridgehead atoms. The van der Waals surface area contributed by atoms with Crippen molar-refractivity contribution in [2.24, 2.45) is 0 Å². The Morgan fingerprint density at radius 3 is 3.00 bits per heavy atom. The van der Waals surface area contributed by atoms with Crippen molar-refractivity contribution in [3.8, 4) is 0 Å². The topological polar surface area (TPSA) is 18.5 Å². The molecule has 0 saturated carbocycles. The van der Waals surface area contributed by atoms with Crippen LogP contribution in [0, 0.1) is 0 Å². The van der Waals surface area contributed by atoms with Crippen LogP contribution in [0.2, 0.25) is 0 Å². The molecule has 0 amide bonds. The number of halogens is 1. The quantitative estimate of drug-likeness (QED) is 0.414. The van der Waals surface area contributed by atoms with Gasteiger partial charge in [0.05, 0.1) is 11.4 Å². The van der Waals surface area contributed by atoms with Crippen molar-refractivity contribution in [1.82, 2.24) is 0 Å². The summed E-state index contributed by atoms with van der Waals surface area (Å²) in [5.41, 5.74) is 0. The molecule has 0 N–H and O–H groups in total. The van der Waals surface area contributed by atoms with Crippen LogP contribution >= 0.6 is 15.9 Å². The molecule has 1 aliphatic carbocycles. The van der Waals surface area contributed by atoms with Crippen molar-refractivity contribution in [1.29, 1.82) is 0 Å². The molecule has 70 valence electrons. The van der Waals surface area contributed by atoms with Gasteiger partial charge in [0.2, 0.25) is 0 Å². The molecule has 0 aromatic heterocycles. The first-order valence-electron chi connectivity index (χ1n) is 4.36. The van der Waals surface area contributed by atoms with E-state index in [1.165, 1.54) is 0 Å². The normalized spacial score (nSPS) is 24.7. The molecule has 12 heavy (non-hydrogen) atoms. The lowest BCUT2D eigenvalue weighted by molar-refractivity contribution is -0.141. The highest BCUT2D eigenvalue weighted by Gasteiger charge is 2.15. The third kappa shape index (κ3) is 3.25. The zero-order valence-corrected chi connectivity index (χ0v) is 8.92. The molecule has 2 nitrogen and oxygen atoms in total.